The first-order valence-corrected chi connectivity index (χ1v) is 15.5. The molecule has 0 heterocycles. The number of unbranched alkanes of at least 4 members (excludes halogenated alkanes) is 2. The highest BCUT2D eigenvalue weighted by atomic mass is 28.3. The largest absolute Gasteiger partial charge is 0.0986 e. The fourth-order valence-electron chi connectivity index (χ4n) is 6.67. The van der Waals surface area contributed by atoms with Crippen LogP contribution in [0.15, 0.2) is 109 Å². The first kappa shape index (κ1) is 21.4. The molecule has 2 aliphatic rings. The normalized spacial score (nSPS) is 14.8. The molecule has 0 radical (unpaired) electrons. The Morgan fingerprint density at radius 2 is 0.941 bits per heavy atom. The maximum Gasteiger partial charge on any atom is 0.0986 e. The van der Waals surface area contributed by atoms with Gasteiger partial charge in [-0.2, -0.15) is 0 Å². The third kappa shape index (κ3) is 3.18. The summed E-state index contributed by atoms with van der Waals surface area (Å²) in [6.07, 6.45) is 6.21. The van der Waals surface area contributed by atoms with Crippen molar-refractivity contribution in [3.8, 4) is 22.3 Å². The molecule has 0 saturated carbocycles. The van der Waals surface area contributed by atoms with E-state index in [2.05, 4.69) is 122 Å². The Morgan fingerprint density at radius 1 is 0.588 bits per heavy atom. The molecular weight excluding hydrogens is 424 g/mol. The van der Waals surface area contributed by atoms with Crippen molar-refractivity contribution in [1.82, 2.24) is 0 Å². The van der Waals surface area contributed by atoms with Crippen LogP contribution < -0.4 is 0 Å². The number of hydrogen-bond acceptors (Lipinski definition) is 0. The van der Waals surface area contributed by atoms with Crippen LogP contribution in [0.1, 0.15) is 59.5 Å². The summed E-state index contributed by atoms with van der Waals surface area (Å²) in [6, 6.07) is 36.7. The van der Waals surface area contributed by atoms with Crippen molar-refractivity contribution in [2.45, 2.75) is 43.8 Å². The maximum atomic E-state index is 2.72. The molecule has 0 nitrogen and oxygen atoms in total. The molecule has 6 rings (SSSR count). The number of benzene rings is 4. The predicted molar refractivity (Wildman–Crippen MR) is 148 cm³/mol. The Labute approximate surface area is 205 Å². The van der Waals surface area contributed by atoms with E-state index >= 15 is 0 Å². The average molecular weight is 457 g/mol. The van der Waals surface area contributed by atoms with Crippen molar-refractivity contribution in [1.29, 1.82) is 0 Å². The zero-order valence-electron chi connectivity index (χ0n) is 20.2. The third-order valence-electron chi connectivity index (χ3n) is 8.11. The van der Waals surface area contributed by atoms with E-state index in [0.29, 0.717) is 11.1 Å². The Kier molecular flexibility index (Phi) is 5.38. The molecule has 0 spiro atoms. The summed E-state index contributed by atoms with van der Waals surface area (Å²) in [5, 5.41) is 0. The van der Waals surface area contributed by atoms with Gasteiger partial charge in [0.15, 0.2) is 0 Å². The highest BCUT2D eigenvalue weighted by Gasteiger charge is 2.50. The van der Waals surface area contributed by atoms with E-state index in [1.54, 1.807) is 0 Å². The molecular formula is C33H32Si. The lowest BCUT2D eigenvalue weighted by Gasteiger charge is -2.39. The van der Waals surface area contributed by atoms with E-state index in [1.165, 1.54) is 63.8 Å². The van der Waals surface area contributed by atoms with Gasteiger partial charge in [0.05, 0.1) is 8.07 Å². The molecule has 0 aliphatic heterocycles. The lowest BCUT2D eigenvalue weighted by Crippen LogP contribution is -2.43. The van der Waals surface area contributed by atoms with Crippen molar-refractivity contribution in [2.75, 3.05) is 0 Å². The summed E-state index contributed by atoms with van der Waals surface area (Å²) in [5.74, 6) is 0. The highest BCUT2D eigenvalue weighted by Crippen LogP contribution is 2.57. The molecule has 0 atom stereocenters. The number of fused-ring (bicyclic) bond motifs is 6. The summed E-state index contributed by atoms with van der Waals surface area (Å²) in [4.78, 5) is 0. The number of allylic oxidation sites excluding steroid dienone is 1. The number of hydrogen-bond donors (Lipinski definition) is 0. The Bertz CT molecular complexity index is 1190. The van der Waals surface area contributed by atoms with E-state index in [1.807, 2.05) is 0 Å². The fraction of sp³-hybridized carbons (Fsp3) is 0.212. The number of rotatable bonds is 6. The van der Waals surface area contributed by atoms with Gasteiger partial charge in [-0.05, 0) is 50.9 Å². The van der Waals surface area contributed by atoms with Crippen LogP contribution in [0.5, 0.6) is 0 Å². The van der Waals surface area contributed by atoms with E-state index in [-0.39, 0.29) is 0 Å². The second-order valence-electron chi connectivity index (χ2n) is 10.1. The average Bonchev–Trinajstić information content (AvgIpc) is 3.41. The summed E-state index contributed by atoms with van der Waals surface area (Å²) in [5.41, 5.74) is 15.5. The molecule has 0 saturated heterocycles. The van der Waals surface area contributed by atoms with Crippen LogP contribution in [-0.2, 0) is 0 Å². The molecule has 1 heteroatoms. The zero-order valence-corrected chi connectivity index (χ0v) is 21.2. The smallest absolute Gasteiger partial charge is 0.0967 e. The molecule has 0 fully saturated rings. The topological polar surface area (TPSA) is 0 Å². The summed E-state index contributed by atoms with van der Waals surface area (Å²) < 4.78 is 0. The van der Waals surface area contributed by atoms with Gasteiger partial charge in [-0.15, -0.1) is 0 Å². The summed E-state index contributed by atoms with van der Waals surface area (Å²) >= 11 is 0. The molecule has 4 aromatic rings. The lowest BCUT2D eigenvalue weighted by molar-refractivity contribution is 0.814. The van der Waals surface area contributed by atoms with Crippen LogP contribution in [0.25, 0.3) is 22.3 Å². The van der Waals surface area contributed by atoms with Crippen LogP contribution in [0.2, 0.25) is 6.55 Å². The van der Waals surface area contributed by atoms with Crippen molar-refractivity contribution in [3.05, 3.63) is 131 Å². The standard InChI is InChI=1S/C33H32Si/c1-3-4-5-14-23-34(2,32-28-19-10-6-15-24(28)25-16-7-11-20-29(25)32)33-30-21-12-8-17-26(30)27-18-9-13-22-31(27)33/h6-23,32-33H,3-5H2,1-2H3. The molecule has 168 valence electrons. The predicted octanol–water partition coefficient (Wildman–Crippen LogP) is 9.05. The molecule has 34 heavy (non-hydrogen) atoms. The second-order valence-corrected chi connectivity index (χ2v) is 14.3. The molecule has 0 N–H and O–H groups in total. The minimum Gasteiger partial charge on any atom is -0.0967 e. The quantitative estimate of drug-likeness (QED) is 0.200. The van der Waals surface area contributed by atoms with Gasteiger partial charge in [0, 0.05) is 11.1 Å². The Balaban J connectivity index is 1.61. The second kappa shape index (κ2) is 8.56. The minimum absolute atomic E-state index is 0.446. The van der Waals surface area contributed by atoms with Gasteiger partial charge in [0.1, 0.15) is 0 Å². The fourth-order valence-corrected chi connectivity index (χ4v) is 11.7. The summed E-state index contributed by atoms with van der Waals surface area (Å²) in [7, 11) is -2.12. The zero-order chi connectivity index (χ0) is 23.1. The van der Waals surface area contributed by atoms with Crippen LogP contribution in [-0.4, -0.2) is 8.07 Å². The van der Waals surface area contributed by atoms with Crippen molar-refractivity contribution < 1.29 is 0 Å². The molecule has 0 aromatic heterocycles. The molecule has 4 aromatic carbocycles. The van der Waals surface area contributed by atoms with E-state index in [0.717, 1.165) is 0 Å². The third-order valence-corrected chi connectivity index (χ3v) is 12.8. The van der Waals surface area contributed by atoms with Crippen LogP contribution in [0.3, 0.4) is 0 Å². The van der Waals surface area contributed by atoms with Gasteiger partial charge in [0.2, 0.25) is 0 Å². The monoisotopic (exact) mass is 456 g/mol. The van der Waals surface area contributed by atoms with Crippen molar-refractivity contribution in [3.63, 3.8) is 0 Å². The van der Waals surface area contributed by atoms with Gasteiger partial charge in [0.25, 0.3) is 0 Å². The van der Waals surface area contributed by atoms with Crippen LogP contribution >= 0.6 is 0 Å². The molecule has 0 unspecified atom stereocenters. The Morgan fingerprint density at radius 3 is 1.29 bits per heavy atom. The van der Waals surface area contributed by atoms with Crippen LogP contribution in [0, 0.1) is 0 Å². The SMILES string of the molecule is CCCCC=C[Si](C)(C1c2ccccc2-c2ccccc21)C1c2ccccc2-c2ccccc21. The first-order valence-electron chi connectivity index (χ1n) is 12.8. The molecule has 2 aliphatic carbocycles. The lowest BCUT2D eigenvalue weighted by atomic mass is 10.1. The van der Waals surface area contributed by atoms with Gasteiger partial charge in [-0.25, -0.2) is 0 Å². The van der Waals surface area contributed by atoms with Gasteiger partial charge < -0.3 is 0 Å². The first-order chi connectivity index (χ1) is 16.7. The van der Waals surface area contributed by atoms with Gasteiger partial charge in [-0.3, -0.25) is 0 Å². The van der Waals surface area contributed by atoms with Crippen molar-refractivity contribution in [2.24, 2.45) is 0 Å². The molecule has 0 bridgehead atoms. The van der Waals surface area contributed by atoms with E-state index < -0.39 is 8.07 Å². The van der Waals surface area contributed by atoms with Crippen molar-refractivity contribution >= 4 is 8.07 Å². The van der Waals surface area contributed by atoms with Crippen LogP contribution in [0.4, 0.5) is 0 Å². The minimum atomic E-state index is -2.12. The maximum absolute atomic E-state index is 2.72. The Hall–Kier alpha value is -3.16. The van der Waals surface area contributed by atoms with Gasteiger partial charge in [-0.1, -0.05) is 135 Å². The van der Waals surface area contributed by atoms with E-state index in [4.69, 9.17) is 0 Å². The summed E-state index contributed by atoms with van der Waals surface area (Å²) in [6.45, 7) is 4.94. The van der Waals surface area contributed by atoms with Gasteiger partial charge >= 0.3 is 0 Å². The molecule has 0 amide bonds. The highest BCUT2D eigenvalue weighted by molar-refractivity contribution is 6.87. The van der Waals surface area contributed by atoms with E-state index in [9.17, 15) is 0 Å².